The maximum atomic E-state index is 5.94. The zero-order chi connectivity index (χ0) is 13.0. The minimum Gasteiger partial charge on any atom is -0.488 e. The molecule has 0 amide bonds. The maximum Gasteiger partial charge on any atom is 0.131 e. The number of hydrogen-bond acceptors (Lipinski definition) is 2. The van der Waals surface area contributed by atoms with Crippen LogP contribution in [0.5, 0.6) is 5.75 Å². The summed E-state index contributed by atoms with van der Waals surface area (Å²) < 4.78 is 5.71. The van der Waals surface area contributed by atoms with Crippen LogP contribution in [0.3, 0.4) is 0 Å². The summed E-state index contributed by atoms with van der Waals surface area (Å²) >= 11 is 10.9. The lowest BCUT2D eigenvalue weighted by molar-refractivity contribution is 0.305. The molecule has 2 rings (SSSR count). The van der Waals surface area contributed by atoms with Crippen LogP contribution in [0, 0.1) is 0 Å². The van der Waals surface area contributed by atoms with Gasteiger partial charge in [-0.2, -0.15) is 0 Å². The summed E-state index contributed by atoms with van der Waals surface area (Å²) in [4.78, 5) is 0.301. The summed E-state index contributed by atoms with van der Waals surface area (Å²) in [5.41, 5.74) is 7.42. The molecule has 0 radical (unpaired) electrons. The van der Waals surface area contributed by atoms with Crippen LogP contribution >= 0.6 is 23.8 Å². The zero-order valence-corrected chi connectivity index (χ0v) is 11.2. The van der Waals surface area contributed by atoms with E-state index in [0.29, 0.717) is 27.9 Å². The van der Waals surface area contributed by atoms with Crippen LogP contribution in [0.4, 0.5) is 0 Å². The molecule has 92 valence electrons. The SMILES string of the molecule is NC(=S)c1ccc(Cl)cc1OCc1ccccc1. The van der Waals surface area contributed by atoms with E-state index in [1.54, 1.807) is 18.2 Å². The molecule has 4 heteroatoms. The standard InChI is InChI=1S/C14H12ClNOS/c15-11-6-7-12(14(16)18)13(8-11)17-9-10-4-2-1-3-5-10/h1-8H,9H2,(H2,16,18). The quantitative estimate of drug-likeness (QED) is 0.868. The van der Waals surface area contributed by atoms with Gasteiger partial charge in [0.1, 0.15) is 17.3 Å². The Hall–Kier alpha value is -1.58. The van der Waals surface area contributed by atoms with Crippen molar-refractivity contribution in [1.82, 2.24) is 0 Å². The average molecular weight is 278 g/mol. The van der Waals surface area contributed by atoms with Crippen molar-refractivity contribution in [2.24, 2.45) is 5.73 Å². The van der Waals surface area contributed by atoms with E-state index in [1.807, 2.05) is 30.3 Å². The molecule has 0 aromatic heterocycles. The summed E-state index contributed by atoms with van der Waals surface area (Å²) in [6.07, 6.45) is 0. The summed E-state index contributed by atoms with van der Waals surface area (Å²) in [6, 6.07) is 15.1. The van der Waals surface area contributed by atoms with Crippen LogP contribution in [0.15, 0.2) is 48.5 Å². The molecule has 0 aliphatic heterocycles. The largest absolute Gasteiger partial charge is 0.488 e. The van der Waals surface area contributed by atoms with Crippen molar-refractivity contribution in [2.75, 3.05) is 0 Å². The molecule has 0 saturated heterocycles. The fraction of sp³-hybridized carbons (Fsp3) is 0.0714. The number of benzene rings is 2. The van der Waals surface area contributed by atoms with E-state index in [4.69, 9.17) is 34.3 Å². The van der Waals surface area contributed by atoms with E-state index in [-0.39, 0.29) is 0 Å². The first-order valence-corrected chi connectivity index (χ1v) is 6.21. The molecule has 2 aromatic carbocycles. The minimum atomic E-state index is 0.301. The van der Waals surface area contributed by atoms with Crippen molar-refractivity contribution >= 4 is 28.8 Å². The van der Waals surface area contributed by atoms with Crippen LogP contribution in [0.25, 0.3) is 0 Å². The highest BCUT2D eigenvalue weighted by Crippen LogP contribution is 2.24. The molecule has 18 heavy (non-hydrogen) atoms. The van der Waals surface area contributed by atoms with Gasteiger partial charge in [-0.25, -0.2) is 0 Å². The Morgan fingerprint density at radius 2 is 1.89 bits per heavy atom. The number of hydrogen-bond donors (Lipinski definition) is 1. The third-order valence-electron chi connectivity index (χ3n) is 2.45. The lowest BCUT2D eigenvalue weighted by Crippen LogP contribution is -2.11. The molecule has 0 aliphatic rings. The monoisotopic (exact) mass is 277 g/mol. The highest BCUT2D eigenvalue weighted by atomic mass is 35.5. The Morgan fingerprint density at radius 3 is 2.56 bits per heavy atom. The van der Waals surface area contributed by atoms with Crippen LogP contribution in [0.2, 0.25) is 5.02 Å². The van der Waals surface area contributed by atoms with Gasteiger partial charge in [-0.15, -0.1) is 0 Å². The second-order valence-corrected chi connectivity index (χ2v) is 4.66. The van der Waals surface area contributed by atoms with Crippen LogP contribution in [0.1, 0.15) is 11.1 Å². The first-order chi connectivity index (χ1) is 8.66. The lowest BCUT2D eigenvalue weighted by Gasteiger charge is -2.11. The number of halogens is 1. The van der Waals surface area contributed by atoms with E-state index >= 15 is 0 Å². The van der Waals surface area contributed by atoms with Gasteiger partial charge in [0.05, 0.1) is 5.56 Å². The van der Waals surface area contributed by atoms with Gasteiger partial charge in [0.15, 0.2) is 0 Å². The van der Waals surface area contributed by atoms with Gasteiger partial charge < -0.3 is 10.5 Å². The molecular formula is C14H12ClNOS. The molecule has 0 saturated carbocycles. The predicted octanol–water partition coefficient (Wildman–Crippen LogP) is 3.55. The number of rotatable bonds is 4. The van der Waals surface area contributed by atoms with Crippen molar-refractivity contribution in [3.63, 3.8) is 0 Å². The summed E-state index contributed by atoms with van der Waals surface area (Å²) in [5, 5.41) is 0.595. The topological polar surface area (TPSA) is 35.2 Å². The first kappa shape index (κ1) is 12.9. The van der Waals surface area contributed by atoms with Gasteiger partial charge >= 0.3 is 0 Å². The number of nitrogens with two attached hydrogens (primary N) is 1. The Labute approximate surface area is 116 Å². The first-order valence-electron chi connectivity index (χ1n) is 5.43. The van der Waals surface area contributed by atoms with Gasteiger partial charge in [-0.1, -0.05) is 54.2 Å². The normalized spacial score (nSPS) is 10.1. The average Bonchev–Trinajstić information content (AvgIpc) is 2.37. The Kier molecular flexibility index (Phi) is 4.18. The molecule has 2 N–H and O–H groups in total. The van der Waals surface area contributed by atoms with Crippen LogP contribution in [-0.2, 0) is 6.61 Å². The van der Waals surface area contributed by atoms with E-state index < -0.39 is 0 Å². The van der Waals surface area contributed by atoms with Crippen molar-refractivity contribution < 1.29 is 4.74 Å². The van der Waals surface area contributed by atoms with Gasteiger partial charge in [0.25, 0.3) is 0 Å². The van der Waals surface area contributed by atoms with Gasteiger partial charge in [0, 0.05) is 5.02 Å². The lowest BCUT2D eigenvalue weighted by atomic mass is 10.2. The third kappa shape index (κ3) is 3.22. The highest BCUT2D eigenvalue weighted by Gasteiger charge is 2.07. The molecule has 0 aliphatic carbocycles. The smallest absolute Gasteiger partial charge is 0.131 e. The predicted molar refractivity (Wildman–Crippen MR) is 78.1 cm³/mol. The Morgan fingerprint density at radius 1 is 1.17 bits per heavy atom. The van der Waals surface area contributed by atoms with Gasteiger partial charge in [0.2, 0.25) is 0 Å². The summed E-state index contributed by atoms with van der Waals surface area (Å²) in [6.45, 7) is 0.455. The van der Waals surface area contributed by atoms with Crippen molar-refractivity contribution in [1.29, 1.82) is 0 Å². The summed E-state index contributed by atoms with van der Waals surface area (Å²) in [5.74, 6) is 0.610. The highest BCUT2D eigenvalue weighted by molar-refractivity contribution is 7.80. The Balaban J connectivity index is 2.18. The number of ether oxygens (including phenoxy) is 1. The van der Waals surface area contributed by atoms with E-state index in [9.17, 15) is 0 Å². The fourth-order valence-electron chi connectivity index (χ4n) is 1.55. The van der Waals surface area contributed by atoms with E-state index in [1.165, 1.54) is 0 Å². The minimum absolute atomic E-state index is 0.301. The van der Waals surface area contributed by atoms with E-state index in [2.05, 4.69) is 0 Å². The van der Waals surface area contributed by atoms with Crippen LogP contribution in [-0.4, -0.2) is 4.99 Å². The molecule has 0 spiro atoms. The molecule has 2 nitrogen and oxygen atoms in total. The molecule has 2 aromatic rings. The molecule has 0 bridgehead atoms. The zero-order valence-electron chi connectivity index (χ0n) is 9.60. The van der Waals surface area contributed by atoms with E-state index in [0.717, 1.165) is 5.56 Å². The molecule has 0 unspecified atom stereocenters. The van der Waals surface area contributed by atoms with Crippen molar-refractivity contribution in [3.05, 3.63) is 64.7 Å². The molecular weight excluding hydrogens is 266 g/mol. The second-order valence-electron chi connectivity index (χ2n) is 3.78. The van der Waals surface area contributed by atoms with Crippen molar-refractivity contribution in [2.45, 2.75) is 6.61 Å². The van der Waals surface area contributed by atoms with Gasteiger partial charge in [-0.05, 0) is 23.8 Å². The van der Waals surface area contributed by atoms with Crippen LogP contribution < -0.4 is 10.5 Å². The molecule has 0 heterocycles. The fourth-order valence-corrected chi connectivity index (χ4v) is 1.89. The Bertz CT molecular complexity index is 557. The second kappa shape index (κ2) is 5.85. The molecule has 0 atom stereocenters. The maximum absolute atomic E-state index is 5.94. The number of thiocarbonyl (C=S) groups is 1. The van der Waals surface area contributed by atoms with Crippen molar-refractivity contribution in [3.8, 4) is 5.75 Å². The summed E-state index contributed by atoms with van der Waals surface area (Å²) in [7, 11) is 0. The third-order valence-corrected chi connectivity index (χ3v) is 2.90. The van der Waals surface area contributed by atoms with Gasteiger partial charge in [-0.3, -0.25) is 0 Å². The molecule has 0 fully saturated rings.